The summed E-state index contributed by atoms with van der Waals surface area (Å²) in [6.07, 6.45) is 1.05. The molecule has 0 amide bonds. The van der Waals surface area contributed by atoms with Gasteiger partial charge in [0.15, 0.2) is 5.82 Å². The van der Waals surface area contributed by atoms with Crippen molar-refractivity contribution in [1.82, 2.24) is 15.0 Å². The molecule has 24 heavy (non-hydrogen) atoms. The molecule has 0 spiro atoms. The number of hydrogen-bond donors (Lipinski definition) is 2. The highest BCUT2D eigenvalue weighted by molar-refractivity contribution is 5.58. The lowest BCUT2D eigenvalue weighted by molar-refractivity contribution is 0.780. The minimum Gasteiger partial charge on any atom is -0.368 e. The van der Waals surface area contributed by atoms with Crippen LogP contribution < -0.4 is 16.0 Å². The van der Waals surface area contributed by atoms with E-state index in [1.165, 1.54) is 11.3 Å². The number of nitrogen functional groups attached to an aromatic ring is 1. The summed E-state index contributed by atoms with van der Waals surface area (Å²) < 4.78 is 0. The molecular formula is C18H18N6. The van der Waals surface area contributed by atoms with E-state index in [2.05, 4.69) is 49.4 Å². The van der Waals surface area contributed by atoms with Gasteiger partial charge in [0.2, 0.25) is 11.9 Å². The van der Waals surface area contributed by atoms with Crippen LogP contribution in [0, 0.1) is 0 Å². The number of nitrogens with zero attached hydrogens (tertiary/aromatic N) is 4. The number of para-hydroxylation sites is 2. The Morgan fingerprint density at radius 2 is 1.75 bits per heavy atom. The molecule has 0 radical (unpaired) electrons. The first-order valence-corrected chi connectivity index (χ1v) is 7.93. The van der Waals surface area contributed by atoms with Crippen molar-refractivity contribution in [3.8, 4) is 0 Å². The Morgan fingerprint density at radius 1 is 0.958 bits per heavy atom. The van der Waals surface area contributed by atoms with E-state index in [4.69, 9.17) is 5.73 Å². The van der Waals surface area contributed by atoms with Gasteiger partial charge in [-0.1, -0.05) is 36.4 Å². The highest BCUT2D eigenvalue weighted by Gasteiger charge is 2.19. The lowest BCUT2D eigenvalue weighted by Crippen LogP contribution is -2.22. The Kier molecular flexibility index (Phi) is 3.70. The fourth-order valence-corrected chi connectivity index (χ4v) is 2.96. The van der Waals surface area contributed by atoms with E-state index in [9.17, 15) is 0 Å². The maximum absolute atomic E-state index is 5.86. The van der Waals surface area contributed by atoms with Gasteiger partial charge in [-0.25, -0.2) is 0 Å². The number of aromatic nitrogens is 3. The number of hydrogen-bond acceptors (Lipinski definition) is 6. The average Bonchev–Trinajstić information content (AvgIpc) is 2.98. The quantitative estimate of drug-likeness (QED) is 0.770. The zero-order chi connectivity index (χ0) is 16.4. The van der Waals surface area contributed by atoms with Crippen LogP contribution in [-0.2, 0) is 13.0 Å². The van der Waals surface area contributed by atoms with Crippen LogP contribution in [0.3, 0.4) is 0 Å². The largest absolute Gasteiger partial charge is 0.368 e. The van der Waals surface area contributed by atoms with Gasteiger partial charge in [-0.3, -0.25) is 0 Å². The van der Waals surface area contributed by atoms with Crippen LogP contribution in [0.25, 0.3) is 0 Å². The first-order chi connectivity index (χ1) is 11.8. The zero-order valence-corrected chi connectivity index (χ0v) is 13.2. The molecule has 0 saturated carbocycles. The first-order valence-electron chi connectivity index (χ1n) is 7.93. The molecule has 0 unspecified atom stereocenters. The summed E-state index contributed by atoms with van der Waals surface area (Å²) in [6, 6.07) is 18.2. The molecule has 0 aliphatic carbocycles. The third-order valence-corrected chi connectivity index (χ3v) is 4.04. The number of benzene rings is 2. The van der Waals surface area contributed by atoms with Crippen LogP contribution in [0.1, 0.15) is 11.4 Å². The molecule has 1 aromatic heterocycles. The van der Waals surface area contributed by atoms with E-state index in [1.54, 1.807) is 0 Å². The van der Waals surface area contributed by atoms with Gasteiger partial charge < -0.3 is 16.0 Å². The highest BCUT2D eigenvalue weighted by Crippen LogP contribution is 2.28. The van der Waals surface area contributed by atoms with Crippen molar-refractivity contribution in [3.63, 3.8) is 0 Å². The Hall–Kier alpha value is -3.15. The van der Waals surface area contributed by atoms with Gasteiger partial charge in [0, 0.05) is 17.9 Å². The van der Waals surface area contributed by atoms with Crippen LogP contribution in [0.5, 0.6) is 0 Å². The molecule has 2 heterocycles. The molecule has 4 rings (SSSR count). The maximum Gasteiger partial charge on any atom is 0.232 e. The molecule has 2 aromatic carbocycles. The number of fused-ring (bicyclic) bond motifs is 1. The number of nitrogens with two attached hydrogens (primary N) is 1. The van der Waals surface area contributed by atoms with Crippen LogP contribution in [0.15, 0.2) is 54.6 Å². The molecule has 0 saturated heterocycles. The average molecular weight is 318 g/mol. The summed E-state index contributed by atoms with van der Waals surface area (Å²) in [5, 5.41) is 3.17. The molecule has 1 aliphatic heterocycles. The van der Waals surface area contributed by atoms with Gasteiger partial charge in [0.1, 0.15) is 0 Å². The van der Waals surface area contributed by atoms with Gasteiger partial charge in [0.05, 0.1) is 6.54 Å². The smallest absolute Gasteiger partial charge is 0.232 e. The van der Waals surface area contributed by atoms with Crippen LogP contribution >= 0.6 is 0 Å². The van der Waals surface area contributed by atoms with Crippen molar-refractivity contribution in [2.75, 3.05) is 22.5 Å². The minimum absolute atomic E-state index is 0.228. The van der Waals surface area contributed by atoms with Gasteiger partial charge in [-0.2, -0.15) is 15.0 Å². The topological polar surface area (TPSA) is 80.0 Å². The Bertz CT molecular complexity index is 849. The third-order valence-electron chi connectivity index (χ3n) is 4.04. The van der Waals surface area contributed by atoms with Crippen LogP contribution in [0.2, 0.25) is 0 Å². The lowest BCUT2D eigenvalue weighted by Gasteiger charge is -2.18. The molecule has 6 heteroatoms. The lowest BCUT2D eigenvalue weighted by atomic mass is 10.2. The van der Waals surface area contributed by atoms with Gasteiger partial charge in [-0.15, -0.1) is 0 Å². The Morgan fingerprint density at radius 3 is 2.62 bits per heavy atom. The zero-order valence-electron chi connectivity index (χ0n) is 13.2. The van der Waals surface area contributed by atoms with Crippen LogP contribution in [-0.4, -0.2) is 21.5 Å². The van der Waals surface area contributed by atoms with Crippen molar-refractivity contribution in [2.45, 2.75) is 13.0 Å². The fourth-order valence-electron chi connectivity index (χ4n) is 2.96. The molecule has 6 nitrogen and oxygen atoms in total. The fraction of sp³-hybridized carbons (Fsp3) is 0.167. The van der Waals surface area contributed by atoms with Crippen molar-refractivity contribution >= 4 is 23.3 Å². The highest BCUT2D eigenvalue weighted by atomic mass is 15.2. The summed E-state index contributed by atoms with van der Waals surface area (Å²) in [6.45, 7) is 1.58. The van der Waals surface area contributed by atoms with E-state index in [-0.39, 0.29) is 5.95 Å². The normalized spacial score (nSPS) is 12.9. The van der Waals surface area contributed by atoms with Crippen molar-refractivity contribution in [2.24, 2.45) is 0 Å². The maximum atomic E-state index is 5.86. The van der Waals surface area contributed by atoms with Crippen molar-refractivity contribution in [3.05, 3.63) is 66.0 Å². The molecule has 0 fully saturated rings. The number of rotatable bonds is 4. The molecule has 120 valence electrons. The molecule has 3 N–H and O–H groups in total. The van der Waals surface area contributed by atoms with E-state index in [0.717, 1.165) is 18.7 Å². The van der Waals surface area contributed by atoms with Gasteiger partial charge in [0.25, 0.3) is 0 Å². The van der Waals surface area contributed by atoms with Gasteiger partial charge >= 0.3 is 0 Å². The summed E-state index contributed by atoms with van der Waals surface area (Å²) in [5.41, 5.74) is 9.39. The molecular weight excluding hydrogens is 300 g/mol. The minimum atomic E-state index is 0.228. The van der Waals surface area contributed by atoms with Crippen LogP contribution in [0.4, 0.5) is 23.3 Å². The predicted octanol–water partition coefficient (Wildman–Crippen LogP) is 2.76. The van der Waals surface area contributed by atoms with E-state index < -0.39 is 0 Å². The van der Waals surface area contributed by atoms with Crippen molar-refractivity contribution < 1.29 is 0 Å². The molecule has 0 bridgehead atoms. The Labute approximate surface area is 140 Å². The predicted molar refractivity (Wildman–Crippen MR) is 95.2 cm³/mol. The monoisotopic (exact) mass is 318 g/mol. The van der Waals surface area contributed by atoms with E-state index in [1.807, 2.05) is 30.3 Å². The second-order valence-corrected chi connectivity index (χ2v) is 5.72. The van der Waals surface area contributed by atoms with Gasteiger partial charge in [-0.05, 0) is 30.2 Å². The molecule has 1 aliphatic rings. The second-order valence-electron chi connectivity index (χ2n) is 5.72. The molecule has 3 aromatic rings. The standard InChI is InChI=1S/C18H18N6/c19-17-21-16(12-24-11-10-13-6-4-5-9-15(13)24)22-18(23-17)20-14-7-2-1-3-8-14/h1-9H,10-12H2,(H3,19,20,21,22,23). The number of anilines is 4. The summed E-state index contributed by atoms with van der Waals surface area (Å²) in [7, 11) is 0. The van der Waals surface area contributed by atoms with E-state index in [0.29, 0.717) is 18.3 Å². The molecule has 0 atom stereocenters. The Balaban J connectivity index is 1.56. The first kappa shape index (κ1) is 14.4. The van der Waals surface area contributed by atoms with E-state index >= 15 is 0 Å². The van der Waals surface area contributed by atoms with Crippen molar-refractivity contribution in [1.29, 1.82) is 0 Å². The summed E-state index contributed by atoms with van der Waals surface area (Å²) in [4.78, 5) is 15.2. The SMILES string of the molecule is Nc1nc(CN2CCc3ccccc32)nc(Nc2ccccc2)n1. The second kappa shape index (κ2) is 6.16. The third kappa shape index (κ3) is 2.99. The summed E-state index contributed by atoms with van der Waals surface area (Å²) >= 11 is 0. The number of nitrogens with one attached hydrogen (secondary N) is 1. The summed E-state index contributed by atoms with van der Waals surface area (Å²) in [5.74, 6) is 1.36.